The molecular formula is C15H20O3. The van der Waals surface area contributed by atoms with Crippen LogP contribution in [0.15, 0.2) is 12.2 Å². The first-order valence-electron chi connectivity index (χ1n) is 6.76. The molecule has 1 heterocycles. The van der Waals surface area contributed by atoms with E-state index in [0.717, 1.165) is 32.0 Å². The highest BCUT2D eigenvalue weighted by molar-refractivity contribution is 5.90. The van der Waals surface area contributed by atoms with Crippen LogP contribution in [0.4, 0.5) is 0 Å². The number of fused-ring (bicyclic) bond motifs is 2. The summed E-state index contributed by atoms with van der Waals surface area (Å²) in [5.74, 6) is 0.254. The Bertz CT molecular complexity index is 441. The summed E-state index contributed by atoms with van der Waals surface area (Å²) in [6.07, 6.45) is 4.90. The predicted octanol–water partition coefficient (Wildman–Crippen LogP) is 2.50. The van der Waals surface area contributed by atoms with Crippen molar-refractivity contribution in [1.82, 2.24) is 0 Å². The fraction of sp³-hybridized carbons (Fsp3) is 0.733. The van der Waals surface area contributed by atoms with Crippen LogP contribution in [0.2, 0.25) is 0 Å². The Hall–Kier alpha value is -1.12. The Morgan fingerprint density at radius 3 is 2.78 bits per heavy atom. The van der Waals surface area contributed by atoms with Gasteiger partial charge in [-0.05, 0) is 37.0 Å². The molecule has 1 saturated heterocycles. The van der Waals surface area contributed by atoms with Crippen molar-refractivity contribution in [3.8, 4) is 0 Å². The van der Waals surface area contributed by atoms with Crippen LogP contribution in [0.3, 0.4) is 0 Å². The molecule has 0 N–H and O–H groups in total. The lowest BCUT2D eigenvalue weighted by molar-refractivity contribution is -0.143. The lowest BCUT2D eigenvalue weighted by Crippen LogP contribution is -2.43. The molecule has 0 aromatic heterocycles. The molecule has 98 valence electrons. The van der Waals surface area contributed by atoms with Crippen molar-refractivity contribution in [2.45, 2.75) is 45.6 Å². The lowest BCUT2D eigenvalue weighted by atomic mass is 9.59. The summed E-state index contributed by atoms with van der Waals surface area (Å²) in [6.45, 7) is 8.18. The van der Waals surface area contributed by atoms with Crippen LogP contribution >= 0.6 is 0 Å². The van der Waals surface area contributed by atoms with Gasteiger partial charge in [-0.1, -0.05) is 20.4 Å². The highest BCUT2D eigenvalue weighted by atomic mass is 16.6. The lowest BCUT2D eigenvalue weighted by Gasteiger charge is -2.45. The summed E-state index contributed by atoms with van der Waals surface area (Å²) < 4.78 is 5.43. The van der Waals surface area contributed by atoms with Crippen LogP contribution in [0.5, 0.6) is 0 Å². The van der Waals surface area contributed by atoms with Gasteiger partial charge in [0.1, 0.15) is 12.4 Å². The normalized spacial score (nSPS) is 50.7. The van der Waals surface area contributed by atoms with Gasteiger partial charge in [-0.2, -0.15) is 0 Å². The van der Waals surface area contributed by atoms with Gasteiger partial charge < -0.3 is 9.53 Å². The monoisotopic (exact) mass is 248 g/mol. The molecule has 0 aromatic rings. The van der Waals surface area contributed by atoms with E-state index in [1.165, 1.54) is 0 Å². The van der Waals surface area contributed by atoms with E-state index in [4.69, 9.17) is 4.74 Å². The van der Waals surface area contributed by atoms with Gasteiger partial charge in [0.15, 0.2) is 0 Å². The predicted molar refractivity (Wildman–Crippen MR) is 66.7 cm³/mol. The molecule has 3 unspecified atom stereocenters. The molecule has 1 aliphatic heterocycles. The van der Waals surface area contributed by atoms with E-state index in [1.54, 1.807) is 0 Å². The maximum atomic E-state index is 11.6. The molecule has 0 spiro atoms. The van der Waals surface area contributed by atoms with Crippen molar-refractivity contribution in [3.05, 3.63) is 12.2 Å². The van der Waals surface area contributed by atoms with Crippen LogP contribution in [-0.2, 0) is 14.3 Å². The molecule has 5 atom stereocenters. The van der Waals surface area contributed by atoms with Crippen molar-refractivity contribution in [1.29, 1.82) is 0 Å². The second-order valence-electron chi connectivity index (χ2n) is 6.85. The Kier molecular flexibility index (Phi) is 2.30. The van der Waals surface area contributed by atoms with Crippen molar-refractivity contribution < 1.29 is 14.3 Å². The van der Waals surface area contributed by atoms with E-state index < -0.39 is 0 Å². The zero-order valence-corrected chi connectivity index (χ0v) is 11.1. The molecule has 3 nitrogen and oxygen atoms in total. The quantitative estimate of drug-likeness (QED) is 0.407. The number of esters is 1. The molecule has 18 heavy (non-hydrogen) atoms. The fourth-order valence-corrected chi connectivity index (χ4v) is 4.50. The molecule has 3 fully saturated rings. The average molecular weight is 248 g/mol. The van der Waals surface area contributed by atoms with Gasteiger partial charge in [0.2, 0.25) is 0 Å². The number of hydrogen-bond acceptors (Lipinski definition) is 3. The Labute approximate surface area is 108 Å². The first kappa shape index (κ1) is 11.9. The first-order valence-corrected chi connectivity index (χ1v) is 6.76. The highest BCUT2D eigenvalue weighted by Crippen LogP contribution is 2.62. The highest BCUT2D eigenvalue weighted by Gasteiger charge is 2.59. The number of carbonyl (C=O) groups is 2. The second-order valence-corrected chi connectivity index (χ2v) is 6.85. The summed E-state index contributed by atoms with van der Waals surface area (Å²) in [4.78, 5) is 23.0. The minimum Gasteiger partial charge on any atom is -0.458 e. The maximum absolute atomic E-state index is 11.6. The van der Waals surface area contributed by atoms with Crippen LogP contribution in [0.1, 0.15) is 39.5 Å². The fourth-order valence-electron chi connectivity index (χ4n) is 4.50. The van der Waals surface area contributed by atoms with Gasteiger partial charge in [-0.3, -0.25) is 0 Å². The van der Waals surface area contributed by atoms with E-state index in [9.17, 15) is 9.59 Å². The topological polar surface area (TPSA) is 43.4 Å². The first-order chi connectivity index (χ1) is 8.39. The SMILES string of the molecule is C=C1C(=O)O[C@@H]2CC3(C)CC[C@](C)(C=O)C3CC12. The van der Waals surface area contributed by atoms with E-state index in [0.29, 0.717) is 11.5 Å². The molecule has 3 aliphatic rings. The maximum Gasteiger partial charge on any atom is 0.334 e. The summed E-state index contributed by atoms with van der Waals surface area (Å²) in [6, 6.07) is 0. The molecular weight excluding hydrogens is 228 g/mol. The molecule has 0 amide bonds. The van der Waals surface area contributed by atoms with Gasteiger partial charge in [0.05, 0.1) is 0 Å². The third-order valence-corrected chi connectivity index (χ3v) is 5.72. The third-order valence-electron chi connectivity index (χ3n) is 5.72. The van der Waals surface area contributed by atoms with E-state index in [1.807, 2.05) is 0 Å². The Morgan fingerprint density at radius 1 is 1.39 bits per heavy atom. The van der Waals surface area contributed by atoms with Gasteiger partial charge in [0, 0.05) is 16.9 Å². The van der Waals surface area contributed by atoms with Gasteiger partial charge >= 0.3 is 5.97 Å². The van der Waals surface area contributed by atoms with Gasteiger partial charge in [-0.15, -0.1) is 0 Å². The largest absolute Gasteiger partial charge is 0.458 e. The average Bonchev–Trinajstić information content (AvgIpc) is 2.75. The van der Waals surface area contributed by atoms with E-state index in [-0.39, 0.29) is 28.8 Å². The summed E-state index contributed by atoms with van der Waals surface area (Å²) in [5, 5.41) is 0. The van der Waals surface area contributed by atoms with Crippen LogP contribution in [-0.4, -0.2) is 18.4 Å². The van der Waals surface area contributed by atoms with Crippen molar-refractivity contribution in [2.75, 3.05) is 0 Å². The van der Waals surface area contributed by atoms with E-state index in [2.05, 4.69) is 20.4 Å². The zero-order valence-electron chi connectivity index (χ0n) is 11.1. The molecule has 2 aliphatic carbocycles. The van der Waals surface area contributed by atoms with Gasteiger partial charge in [-0.25, -0.2) is 4.79 Å². The minimum atomic E-state index is -0.235. The van der Waals surface area contributed by atoms with E-state index >= 15 is 0 Å². The molecule has 2 saturated carbocycles. The number of hydrogen-bond donors (Lipinski definition) is 0. The van der Waals surface area contributed by atoms with Crippen molar-refractivity contribution in [2.24, 2.45) is 22.7 Å². The van der Waals surface area contributed by atoms with Crippen LogP contribution in [0.25, 0.3) is 0 Å². The molecule has 3 heteroatoms. The molecule has 0 bridgehead atoms. The smallest absolute Gasteiger partial charge is 0.334 e. The summed E-state index contributed by atoms with van der Waals surface area (Å²) >= 11 is 0. The van der Waals surface area contributed by atoms with Crippen molar-refractivity contribution >= 4 is 12.3 Å². The summed E-state index contributed by atoms with van der Waals surface area (Å²) in [5.41, 5.74) is 0.523. The second kappa shape index (κ2) is 3.46. The number of carbonyl (C=O) groups excluding carboxylic acids is 2. The molecule has 0 aromatic carbocycles. The van der Waals surface area contributed by atoms with Crippen molar-refractivity contribution in [3.63, 3.8) is 0 Å². The zero-order chi connectivity index (χ0) is 13.1. The number of ether oxygens (including phenoxy) is 1. The number of rotatable bonds is 1. The Morgan fingerprint density at radius 2 is 2.11 bits per heavy atom. The standard InChI is InChI=1S/C15H20O3/c1-9-10-6-12-14(2,4-5-15(12,3)8-16)7-11(10)18-13(9)17/h8,10-12H,1,4-7H2,2-3H3/t10?,11-,12?,14?,15-/m1/s1. The molecule has 0 radical (unpaired) electrons. The molecule has 3 rings (SSSR count). The summed E-state index contributed by atoms with van der Waals surface area (Å²) in [7, 11) is 0. The Balaban J connectivity index is 1.94. The minimum absolute atomic E-state index is 0.000233. The van der Waals surface area contributed by atoms with Crippen LogP contribution < -0.4 is 0 Å². The van der Waals surface area contributed by atoms with Gasteiger partial charge in [0.25, 0.3) is 0 Å². The number of aldehydes is 1. The third kappa shape index (κ3) is 1.36. The van der Waals surface area contributed by atoms with Crippen LogP contribution in [0, 0.1) is 22.7 Å².